The first-order valence-corrected chi connectivity index (χ1v) is 11.5. The molecule has 0 aliphatic carbocycles. The maximum Gasteiger partial charge on any atom is 0.267 e. The normalized spacial score (nSPS) is 10.5. The van der Waals surface area contributed by atoms with Crippen LogP contribution in [0.3, 0.4) is 0 Å². The Labute approximate surface area is 198 Å². The number of aromatic nitrogens is 2. The lowest BCUT2D eigenvalue weighted by Crippen LogP contribution is -2.13. The van der Waals surface area contributed by atoms with Gasteiger partial charge in [0.1, 0.15) is 9.88 Å². The molecule has 0 spiro atoms. The number of carbonyl (C=O) groups excluding carboxylic acids is 2. The summed E-state index contributed by atoms with van der Waals surface area (Å²) in [5.41, 5.74) is 2.50. The van der Waals surface area contributed by atoms with Crippen LogP contribution in [0.2, 0.25) is 0 Å². The zero-order chi connectivity index (χ0) is 23.4. The van der Waals surface area contributed by atoms with Gasteiger partial charge in [-0.25, -0.2) is 9.97 Å². The SMILES string of the molecule is COc1ccc(-c2nc(C)c(C(=O)Nc3ccc(C(=O)Nc4nccs4)cc3)s2)cc1OC. The highest BCUT2D eigenvalue weighted by Crippen LogP contribution is 2.35. The standard InChI is InChI=1S/C23H20N4O4S2/c1-13-19(33-22(25-13)15-6-9-17(30-2)18(12-15)31-3)21(29)26-16-7-4-14(5-8-16)20(28)27-23-24-10-11-32-23/h4-12H,1-3H3,(H,26,29)(H,24,27,28). The van der Waals surface area contributed by atoms with Gasteiger partial charge in [0.2, 0.25) is 0 Å². The molecule has 0 fully saturated rings. The number of methoxy groups -OCH3 is 2. The Bertz CT molecular complexity index is 1280. The van der Waals surface area contributed by atoms with Crippen molar-refractivity contribution in [2.45, 2.75) is 6.92 Å². The number of anilines is 2. The van der Waals surface area contributed by atoms with Crippen molar-refractivity contribution in [1.29, 1.82) is 0 Å². The molecule has 0 radical (unpaired) electrons. The van der Waals surface area contributed by atoms with Gasteiger partial charge in [-0.3, -0.25) is 14.9 Å². The van der Waals surface area contributed by atoms with Crippen LogP contribution in [0.5, 0.6) is 11.5 Å². The average molecular weight is 481 g/mol. The number of hydrogen-bond donors (Lipinski definition) is 2. The molecular weight excluding hydrogens is 460 g/mol. The molecule has 0 aliphatic rings. The molecule has 8 nitrogen and oxygen atoms in total. The third-order valence-corrected chi connectivity index (χ3v) is 6.58. The van der Waals surface area contributed by atoms with Gasteiger partial charge in [0, 0.05) is 28.4 Å². The van der Waals surface area contributed by atoms with Gasteiger partial charge in [-0.2, -0.15) is 0 Å². The highest BCUT2D eigenvalue weighted by atomic mass is 32.1. The summed E-state index contributed by atoms with van der Waals surface area (Å²) in [4.78, 5) is 34.2. The maximum atomic E-state index is 12.9. The van der Waals surface area contributed by atoms with E-state index in [4.69, 9.17) is 9.47 Å². The zero-order valence-electron chi connectivity index (χ0n) is 18.0. The van der Waals surface area contributed by atoms with E-state index in [1.165, 1.54) is 22.7 Å². The van der Waals surface area contributed by atoms with Gasteiger partial charge in [0.05, 0.1) is 19.9 Å². The molecule has 0 saturated carbocycles. The first kappa shape index (κ1) is 22.4. The highest BCUT2D eigenvalue weighted by Gasteiger charge is 2.18. The van der Waals surface area contributed by atoms with Crippen LogP contribution in [0.4, 0.5) is 10.8 Å². The van der Waals surface area contributed by atoms with E-state index in [1.807, 2.05) is 12.1 Å². The highest BCUT2D eigenvalue weighted by molar-refractivity contribution is 7.17. The van der Waals surface area contributed by atoms with Crippen LogP contribution in [0.25, 0.3) is 10.6 Å². The fourth-order valence-corrected chi connectivity index (χ4v) is 4.53. The molecule has 0 saturated heterocycles. The second-order valence-corrected chi connectivity index (χ2v) is 8.72. The number of rotatable bonds is 7. The predicted molar refractivity (Wildman–Crippen MR) is 130 cm³/mol. The molecule has 2 amide bonds. The number of amides is 2. The van der Waals surface area contributed by atoms with Crippen molar-refractivity contribution >= 4 is 45.3 Å². The Hall–Kier alpha value is -3.76. The Balaban J connectivity index is 1.47. The van der Waals surface area contributed by atoms with Gasteiger partial charge >= 0.3 is 0 Å². The van der Waals surface area contributed by atoms with Gasteiger partial charge in [0.15, 0.2) is 16.6 Å². The van der Waals surface area contributed by atoms with E-state index in [-0.39, 0.29) is 11.8 Å². The molecule has 4 rings (SSSR count). The van der Waals surface area contributed by atoms with Crippen molar-refractivity contribution in [2.75, 3.05) is 24.9 Å². The largest absolute Gasteiger partial charge is 0.493 e. The van der Waals surface area contributed by atoms with Gasteiger partial charge in [0.25, 0.3) is 11.8 Å². The van der Waals surface area contributed by atoms with E-state index in [0.29, 0.717) is 43.5 Å². The number of nitrogens with zero attached hydrogens (tertiary/aromatic N) is 2. The van der Waals surface area contributed by atoms with E-state index in [9.17, 15) is 9.59 Å². The third kappa shape index (κ3) is 5.02. The van der Waals surface area contributed by atoms with E-state index >= 15 is 0 Å². The second kappa shape index (κ2) is 9.80. The lowest BCUT2D eigenvalue weighted by molar-refractivity contribution is 0.102. The molecule has 0 atom stereocenters. The Morgan fingerprint density at radius 3 is 2.36 bits per heavy atom. The molecule has 0 unspecified atom stereocenters. The monoisotopic (exact) mass is 480 g/mol. The average Bonchev–Trinajstić information content (AvgIpc) is 3.48. The topological polar surface area (TPSA) is 102 Å². The summed E-state index contributed by atoms with van der Waals surface area (Å²) in [6.07, 6.45) is 1.62. The van der Waals surface area contributed by atoms with E-state index in [2.05, 4.69) is 20.6 Å². The molecule has 2 N–H and O–H groups in total. The van der Waals surface area contributed by atoms with Crippen LogP contribution in [-0.2, 0) is 0 Å². The zero-order valence-corrected chi connectivity index (χ0v) is 19.7. The predicted octanol–water partition coefficient (Wildman–Crippen LogP) is 5.10. The first-order chi connectivity index (χ1) is 16.0. The van der Waals surface area contributed by atoms with Crippen molar-refractivity contribution in [3.05, 3.63) is 70.2 Å². The first-order valence-electron chi connectivity index (χ1n) is 9.80. The minimum Gasteiger partial charge on any atom is -0.493 e. The van der Waals surface area contributed by atoms with Crippen molar-refractivity contribution in [2.24, 2.45) is 0 Å². The summed E-state index contributed by atoms with van der Waals surface area (Å²) in [7, 11) is 3.15. The molecular formula is C23H20N4O4S2. The minimum absolute atomic E-state index is 0.263. The van der Waals surface area contributed by atoms with Crippen molar-refractivity contribution in [1.82, 2.24) is 9.97 Å². The number of benzene rings is 2. The smallest absolute Gasteiger partial charge is 0.267 e. The Morgan fingerprint density at radius 2 is 1.70 bits per heavy atom. The number of ether oxygens (including phenoxy) is 2. The Morgan fingerprint density at radius 1 is 0.939 bits per heavy atom. The van der Waals surface area contributed by atoms with E-state index in [1.54, 1.807) is 63.1 Å². The summed E-state index contributed by atoms with van der Waals surface area (Å²) < 4.78 is 10.6. The maximum absolute atomic E-state index is 12.9. The number of thiazole rings is 2. The number of carbonyl (C=O) groups is 2. The minimum atomic E-state index is -0.267. The summed E-state index contributed by atoms with van der Waals surface area (Å²) in [5, 5.41) is 8.60. The molecule has 0 bridgehead atoms. The van der Waals surface area contributed by atoms with Crippen LogP contribution in [0, 0.1) is 6.92 Å². The third-order valence-electron chi connectivity index (χ3n) is 4.69. The van der Waals surface area contributed by atoms with Crippen LogP contribution >= 0.6 is 22.7 Å². The second-order valence-electron chi connectivity index (χ2n) is 6.83. The molecule has 4 aromatic rings. The molecule has 168 valence electrons. The number of hydrogen-bond acceptors (Lipinski definition) is 8. The van der Waals surface area contributed by atoms with Crippen molar-refractivity contribution in [3.63, 3.8) is 0 Å². The summed E-state index contributed by atoms with van der Waals surface area (Å²) in [6.45, 7) is 1.79. The van der Waals surface area contributed by atoms with Gasteiger partial charge in [-0.05, 0) is 49.4 Å². The molecule has 33 heavy (non-hydrogen) atoms. The quantitative estimate of drug-likeness (QED) is 0.382. The molecule has 2 heterocycles. The fraction of sp³-hybridized carbons (Fsp3) is 0.130. The summed E-state index contributed by atoms with van der Waals surface area (Å²) in [5.74, 6) is 0.682. The number of aryl methyl sites for hydroxylation is 1. The van der Waals surface area contributed by atoms with Crippen LogP contribution in [0.1, 0.15) is 25.7 Å². The van der Waals surface area contributed by atoms with E-state index in [0.717, 1.165) is 5.56 Å². The fourth-order valence-electron chi connectivity index (χ4n) is 3.05. The molecule has 0 aliphatic heterocycles. The molecule has 2 aromatic heterocycles. The summed E-state index contributed by atoms with van der Waals surface area (Å²) >= 11 is 2.64. The lowest BCUT2D eigenvalue weighted by atomic mass is 10.2. The summed E-state index contributed by atoms with van der Waals surface area (Å²) in [6, 6.07) is 12.2. The van der Waals surface area contributed by atoms with Gasteiger partial charge in [-0.1, -0.05) is 0 Å². The van der Waals surface area contributed by atoms with Crippen LogP contribution in [0.15, 0.2) is 54.0 Å². The van der Waals surface area contributed by atoms with Crippen LogP contribution in [-0.4, -0.2) is 36.0 Å². The van der Waals surface area contributed by atoms with Crippen LogP contribution < -0.4 is 20.1 Å². The number of nitrogens with one attached hydrogen (secondary N) is 2. The Kier molecular flexibility index (Phi) is 6.66. The molecule has 10 heteroatoms. The molecule has 2 aromatic carbocycles. The lowest BCUT2D eigenvalue weighted by Gasteiger charge is -2.08. The van der Waals surface area contributed by atoms with Crippen molar-refractivity contribution in [3.8, 4) is 22.1 Å². The van der Waals surface area contributed by atoms with Crippen molar-refractivity contribution < 1.29 is 19.1 Å². The van der Waals surface area contributed by atoms with E-state index < -0.39 is 0 Å². The van der Waals surface area contributed by atoms with Gasteiger partial charge < -0.3 is 14.8 Å². The van der Waals surface area contributed by atoms with Gasteiger partial charge in [-0.15, -0.1) is 22.7 Å².